The number of methoxy groups -OCH3 is 1. The van der Waals surface area contributed by atoms with Crippen LogP contribution in [-0.4, -0.2) is 30.4 Å². The van der Waals surface area contributed by atoms with E-state index in [4.69, 9.17) is 0 Å². The average molecular weight is 458 g/mol. The van der Waals surface area contributed by atoms with Gasteiger partial charge in [-0.3, -0.25) is 14.6 Å². The van der Waals surface area contributed by atoms with Crippen LogP contribution in [0.15, 0.2) is 78.5 Å². The van der Waals surface area contributed by atoms with Gasteiger partial charge in [0.2, 0.25) is 5.78 Å². The summed E-state index contributed by atoms with van der Waals surface area (Å²) >= 11 is 0. The largest absolute Gasteiger partial charge is 0.468 e. The lowest BCUT2D eigenvalue weighted by atomic mass is 9.88. The number of nitrogens with one attached hydrogen (secondary N) is 1. The summed E-state index contributed by atoms with van der Waals surface area (Å²) in [5.41, 5.74) is 0.411. The first kappa shape index (κ1) is 25.6. The fourth-order valence-corrected chi connectivity index (χ4v) is 3.05. The Morgan fingerprint density at radius 3 is 2.45 bits per heavy atom. The normalized spacial score (nSPS) is 12.5. The van der Waals surface area contributed by atoms with E-state index in [0.717, 1.165) is 30.4 Å². The van der Waals surface area contributed by atoms with Crippen molar-refractivity contribution in [3.05, 3.63) is 95.4 Å². The quantitative estimate of drug-likeness (QED) is 0.225. The molecule has 1 aromatic carbocycles. The van der Waals surface area contributed by atoms with Gasteiger partial charge in [0.05, 0.1) is 18.4 Å². The molecule has 0 aliphatic rings. The molecule has 2 aromatic rings. The summed E-state index contributed by atoms with van der Waals surface area (Å²) in [6.07, 6.45) is 1.96. The third kappa shape index (κ3) is 6.65. The highest BCUT2D eigenvalue weighted by Crippen LogP contribution is 2.37. The van der Waals surface area contributed by atoms with Gasteiger partial charge in [-0.05, 0) is 43.2 Å². The highest BCUT2D eigenvalue weighted by Gasteiger charge is 2.41. The number of benzene rings is 1. The summed E-state index contributed by atoms with van der Waals surface area (Å²) in [5.74, 6) is -3.85. The topological polar surface area (TPSA) is 68.3 Å². The van der Waals surface area contributed by atoms with Crippen molar-refractivity contribution >= 4 is 17.4 Å². The van der Waals surface area contributed by atoms with E-state index in [1.54, 1.807) is 18.2 Å². The monoisotopic (exact) mass is 458 g/mol. The van der Waals surface area contributed by atoms with Gasteiger partial charge in [-0.1, -0.05) is 48.6 Å². The first-order valence-electron chi connectivity index (χ1n) is 10.0. The number of carbonyl (C=O) groups is 2. The number of hydrogen-bond acceptors (Lipinski definition) is 5. The fraction of sp³-hybridized carbons (Fsp3) is 0.240. The van der Waals surface area contributed by atoms with Crippen molar-refractivity contribution in [2.45, 2.75) is 25.9 Å². The third-order valence-corrected chi connectivity index (χ3v) is 4.69. The summed E-state index contributed by atoms with van der Waals surface area (Å²) < 4.78 is 45.4. The van der Waals surface area contributed by atoms with Gasteiger partial charge in [0, 0.05) is 12.7 Å². The van der Waals surface area contributed by atoms with E-state index in [0.29, 0.717) is 0 Å². The van der Waals surface area contributed by atoms with E-state index in [9.17, 15) is 22.8 Å². The Kier molecular flexibility index (Phi) is 8.73. The lowest BCUT2D eigenvalue weighted by molar-refractivity contribution is -0.142. The molecule has 0 saturated heterocycles. The lowest BCUT2D eigenvalue weighted by Crippen LogP contribution is -2.27. The third-order valence-electron chi connectivity index (χ3n) is 4.69. The van der Waals surface area contributed by atoms with Gasteiger partial charge >= 0.3 is 12.1 Å². The molecule has 5 nitrogen and oxygen atoms in total. The van der Waals surface area contributed by atoms with Crippen LogP contribution >= 0.6 is 0 Å². The van der Waals surface area contributed by atoms with Gasteiger partial charge in [0.15, 0.2) is 0 Å². The maximum atomic E-state index is 13.6. The van der Waals surface area contributed by atoms with Crippen molar-refractivity contribution < 1.29 is 27.5 Å². The Bertz CT molecular complexity index is 1080. The summed E-state index contributed by atoms with van der Waals surface area (Å²) in [7, 11) is 1.01. The SMILES string of the molecule is C=C/C(=C\C=C(C)C)CNc1cccnc1C(=O)C(C(=O)OC)c1ccccc1C(F)(F)F. The van der Waals surface area contributed by atoms with E-state index < -0.39 is 35.0 Å². The molecule has 0 spiro atoms. The molecule has 8 heteroatoms. The number of anilines is 1. The van der Waals surface area contributed by atoms with Crippen LogP contribution in [0.25, 0.3) is 0 Å². The van der Waals surface area contributed by atoms with Crippen molar-refractivity contribution in [1.82, 2.24) is 4.98 Å². The zero-order valence-corrected chi connectivity index (χ0v) is 18.6. The van der Waals surface area contributed by atoms with Crippen molar-refractivity contribution in [2.75, 3.05) is 19.0 Å². The molecule has 1 heterocycles. The van der Waals surface area contributed by atoms with Crippen molar-refractivity contribution in [3.8, 4) is 0 Å². The lowest BCUT2D eigenvalue weighted by Gasteiger charge is -2.20. The number of alkyl halides is 3. The van der Waals surface area contributed by atoms with E-state index in [1.165, 1.54) is 18.3 Å². The van der Waals surface area contributed by atoms with Crippen LogP contribution in [0.3, 0.4) is 0 Å². The molecule has 1 atom stereocenters. The molecule has 1 N–H and O–H groups in total. The Morgan fingerprint density at radius 1 is 1.15 bits per heavy atom. The predicted octanol–water partition coefficient (Wildman–Crippen LogP) is 5.73. The van der Waals surface area contributed by atoms with Crippen molar-refractivity contribution in [3.63, 3.8) is 0 Å². The maximum Gasteiger partial charge on any atom is 0.416 e. The molecule has 0 radical (unpaired) electrons. The van der Waals surface area contributed by atoms with Crippen LogP contribution in [0.2, 0.25) is 0 Å². The van der Waals surface area contributed by atoms with Crippen LogP contribution < -0.4 is 5.32 Å². The maximum absolute atomic E-state index is 13.6. The van der Waals surface area contributed by atoms with Gasteiger partial charge in [-0.25, -0.2) is 0 Å². The molecular formula is C25H25F3N2O3. The molecule has 2 rings (SSSR count). The second-order valence-electron chi connectivity index (χ2n) is 7.35. The number of carbonyl (C=O) groups excluding carboxylic acids is 2. The Hall–Kier alpha value is -3.68. The minimum absolute atomic E-state index is 0.171. The first-order valence-corrected chi connectivity index (χ1v) is 10.0. The Morgan fingerprint density at radius 2 is 1.85 bits per heavy atom. The predicted molar refractivity (Wildman–Crippen MR) is 121 cm³/mol. The number of halogens is 3. The molecule has 174 valence electrons. The molecule has 0 fully saturated rings. The number of ether oxygens (including phenoxy) is 1. The zero-order chi connectivity index (χ0) is 24.6. The van der Waals surface area contributed by atoms with Crippen LogP contribution in [-0.2, 0) is 15.7 Å². The van der Waals surface area contributed by atoms with Crippen LogP contribution in [0.4, 0.5) is 18.9 Å². The van der Waals surface area contributed by atoms with Crippen molar-refractivity contribution in [1.29, 1.82) is 0 Å². The molecule has 0 amide bonds. The molecular weight excluding hydrogens is 433 g/mol. The molecule has 33 heavy (non-hydrogen) atoms. The number of allylic oxidation sites excluding steroid dienone is 3. The van der Waals surface area contributed by atoms with Crippen LogP contribution in [0, 0.1) is 0 Å². The number of nitrogens with zero attached hydrogens (tertiary/aromatic N) is 1. The number of esters is 1. The van der Waals surface area contributed by atoms with Gasteiger partial charge < -0.3 is 10.1 Å². The smallest absolute Gasteiger partial charge is 0.416 e. The number of rotatable bonds is 9. The highest BCUT2D eigenvalue weighted by atomic mass is 19.4. The number of pyridine rings is 1. The Balaban J connectivity index is 2.49. The van der Waals surface area contributed by atoms with Crippen molar-refractivity contribution in [2.24, 2.45) is 0 Å². The number of ketones is 1. The summed E-state index contributed by atoms with van der Waals surface area (Å²) in [5, 5.41) is 3.05. The molecule has 1 unspecified atom stereocenters. The minimum atomic E-state index is -4.76. The van der Waals surface area contributed by atoms with Gasteiger partial charge in [-0.15, -0.1) is 0 Å². The molecule has 0 aliphatic heterocycles. The van der Waals surface area contributed by atoms with Gasteiger partial charge in [-0.2, -0.15) is 13.2 Å². The number of hydrogen-bond donors (Lipinski definition) is 1. The highest BCUT2D eigenvalue weighted by molar-refractivity contribution is 6.14. The second-order valence-corrected chi connectivity index (χ2v) is 7.35. The van der Waals surface area contributed by atoms with E-state index in [2.05, 4.69) is 21.6 Å². The van der Waals surface area contributed by atoms with E-state index in [1.807, 2.05) is 26.0 Å². The van der Waals surface area contributed by atoms with Gasteiger partial charge in [0.25, 0.3) is 0 Å². The number of aromatic nitrogens is 1. The van der Waals surface area contributed by atoms with Crippen LogP contribution in [0.5, 0.6) is 0 Å². The van der Waals surface area contributed by atoms with E-state index in [-0.39, 0.29) is 17.9 Å². The standard InChI is InChI=1S/C25H25F3N2O3/c1-5-17(13-12-16(2)3)15-30-20-11-8-14-29-22(20)23(31)21(24(32)33-4)18-9-6-7-10-19(18)25(26,27)28/h5-14,21,30H,1,15H2,2-4H3/b17-13+. The summed E-state index contributed by atoms with van der Waals surface area (Å²) in [6, 6.07) is 7.57. The molecule has 0 saturated carbocycles. The zero-order valence-electron chi connectivity index (χ0n) is 18.6. The Labute approximate surface area is 190 Å². The van der Waals surface area contributed by atoms with Gasteiger partial charge in [0.1, 0.15) is 11.6 Å². The summed E-state index contributed by atoms with van der Waals surface area (Å²) in [4.78, 5) is 29.9. The van der Waals surface area contributed by atoms with E-state index >= 15 is 0 Å². The number of Topliss-reactive ketones (excluding diaryl/α,β-unsaturated/α-hetero) is 1. The minimum Gasteiger partial charge on any atom is -0.468 e. The van der Waals surface area contributed by atoms with Crippen LogP contribution in [0.1, 0.15) is 41.4 Å². The fourth-order valence-electron chi connectivity index (χ4n) is 3.05. The second kappa shape index (κ2) is 11.3. The first-order chi connectivity index (χ1) is 15.6. The summed E-state index contributed by atoms with van der Waals surface area (Å²) in [6.45, 7) is 7.91. The average Bonchev–Trinajstić information content (AvgIpc) is 2.78. The molecule has 0 aliphatic carbocycles. The molecule has 1 aromatic heterocycles. The molecule has 0 bridgehead atoms.